The SMILES string of the molecule is COCCCNC(=O)C1(C(=O)Nc2cccc(C(F)(F)F)c2)CC1. The van der Waals surface area contributed by atoms with Gasteiger partial charge in [-0.2, -0.15) is 13.2 Å². The van der Waals surface area contributed by atoms with E-state index < -0.39 is 29.0 Å². The number of halogens is 3. The van der Waals surface area contributed by atoms with Crippen molar-refractivity contribution in [3.05, 3.63) is 29.8 Å². The van der Waals surface area contributed by atoms with Gasteiger partial charge < -0.3 is 15.4 Å². The molecular formula is C16H19F3N2O3. The van der Waals surface area contributed by atoms with Gasteiger partial charge in [-0.3, -0.25) is 9.59 Å². The second kappa shape index (κ2) is 7.21. The molecule has 0 saturated heterocycles. The van der Waals surface area contributed by atoms with Crippen molar-refractivity contribution in [2.24, 2.45) is 5.41 Å². The number of amides is 2. The molecule has 8 heteroatoms. The molecule has 0 heterocycles. The Bertz CT molecular complexity index is 613. The van der Waals surface area contributed by atoms with Crippen molar-refractivity contribution < 1.29 is 27.5 Å². The first-order valence-electron chi connectivity index (χ1n) is 7.55. The van der Waals surface area contributed by atoms with Crippen LogP contribution in [0.4, 0.5) is 18.9 Å². The molecule has 1 aromatic rings. The number of hydrogen-bond acceptors (Lipinski definition) is 3. The second-order valence-corrected chi connectivity index (χ2v) is 5.72. The molecular weight excluding hydrogens is 325 g/mol. The average Bonchev–Trinajstić information content (AvgIpc) is 3.33. The topological polar surface area (TPSA) is 67.4 Å². The monoisotopic (exact) mass is 344 g/mol. The minimum Gasteiger partial charge on any atom is -0.385 e. The number of nitrogens with one attached hydrogen (secondary N) is 2. The molecule has 0 spiro atoms. The summed E-state index contributed by atoms with van der Waals surface area (Å²) in [5, 5.41) is 5.08. The van der Waals surface area contributed by atoms with E-state index in [1.54, 1.807) is 7.11 Å². The van der Waals surface area contributed by atoms with Crippen LogP contribution in [0, 0.1) is 5.41 Å². The number of carbonyl (C=O) groups excluding carboxylic acids is 2. The van der Waals surface area contributed by atoms with Crippen LogP contribution < -0.4 is 10.6 Å². The van der Waals surface area contributed by atoms with Crippen LogP contribution in [0.25, 0.3) is 0 Å². The van der Waals surface area contributed by atoms with Gasteiger partial charge in [0.1, 0.15) is 5.41 Å². The molecule has 1 fully saturated rings. The van der Waals surface area contributed by atoms with Gasteiger partial charge in [-0.05, 0) is 37.5 Å². The first-order chi connectivity index (χ1) is 11.3. The third kappa shape index (κ3) is 4.25. The number of methoxy groups -OCH3 is 1. The van der Waals surface area contributed by atoms with E-state index in [1.807, 2.05) is 0 Å². The van der Waals surface area contributed by atoms with Crippen LogP contribution in [-0.2, 0) is 20.5 Å². The fraction of sp³-hybridized carbons (Fsp3) is 0.500. The van der Waals surface area contributed by atoms with Crippen LogP contribution in [0.15, 0.2) is 24.3 Å². The third-order valence-corrected chi connectivity index (χ3v) is 3.88. The van der Waals surface area contributed by atoms with Crippen molar-refractivity contribution in [2.75, 3.05) is 25.6 Å². The van der Waals surface area contributed by atoms with E-state index in [9.17, 15) is 22.8 Å². The van der Waals surface area contributed by atoms with E-state index in [0.29, 0.717) is 32.4 Å². The first kappa shape index (κ1) is 18.3. The van der Waals surface area contributed by atoms with Gasteiger partial charge in [0.15, 0.2) is 0 Å². The van der Waals surface area contributed by atoms with Gasteiger partial charge in [-0.1, -0.05) is 6.07 Å². The maximum absolute atomic E-state index is 12.7. The molecule has 2 rings (SSSR count). The quantitative estimate of drug-likeness (QED) is 0.590. The van der Waals surface area contributed by atoms with E-state index in [2.05, 4.69) is 10.6 Å². The minimum atomic E-state index is -4.49. The zero-order chi connectivity index (χ0) is 17.8. The van der Waals surface area contributed by atoms with Gasteiger partial charge in [0, 0.05) is 25.9 Å². The first-order valence-corrected chi connectivity index (χ1v) is 7.55. The maximum atomic E-state index is 12.7. The number of benzene rings is 1. The lowest BCUT2D eigenvalue weighted by atomic mass is 10.0. The van der Waals surface area contributed by atoms with E-state index in [-0.39, 0.29) is 5.69 Å². The van der Waals surface area contributed by atoms with Crippen LogP contribution in [0.3, 0.4) is 0 Å². The molecule has 24 heavy (non-hydrogen) atoms. The minimum absolute atomic E-state index is 0.0216. The highest BCUT2D eigenvalue weighted by Crippen LogP contribution is 2.47. The largest absolute Gasteiger partial charge is 0.416 e. The molecule has 132 valence electrons. The lowest BCUT2D eigenvalue weighted by molar-refractivity contribution is -0.138. The summed E-state index contributed by atoms with van der Waals surface area (Å²) < 4.78 is 43.0. The van der Waals surface area contributed by atoms with Gasteiger partial charge in [-0.25, -0.2) is 0 Å². The fourth-order valence-corrected chi connectivity index (χ4v) is 2.29. The Balaban J connectivity index is 1.98. The Labute approximate surface area is 137 Å². The van der Waals surface area contributed by atoms with Gasteiger partial charge in [0.25, 0.3) is 0 Å². The molecule has 1 saturated carbocycles. The van der Waals surface area contributed by atoms with Crippen molar-refractivity contribution in [1.29, 1.82) is 0 Å². The number of carbonyl (C=O) groups is 2. The Kier molecular flexibility index (Phi) is 5.48. The third-order valence-electron chi connectivity index (χ3n) is 3.88. The van der Waals surface area contributed by atoms with Crippen molar-refractivity contribution in [1.82, 2.24) is 5.32 Å². The summed E-state index contributed by atoms with van der Waals surface area (Å²) in [5.74, 6) is -0.978. The molecule has 1 aromatic carbocycles. The number of anilines is 1. The Morgan fingerprint density at radius 3 is 2.54 bits per heavy atom. The summed E-state index contributed by atoms with van der Waals surface area (Å²) in [7, 11) is 1.55. The number of ether oxygens (including phenoxy) is 1. The van der Waals surface area contributed by atoms with E-state index >= 15 is 0 Å². The van der Waals surface area contributed by atoms with Crippen LogP contribution in [0.1, 0.15) is 24.8 Å². The van der Waals surface area contributed by atoms with Gasteiger partial charge in [0.05, 0.1) is 5.56 Å². The maximum Gasteiger partial charge on any atom is 0.416 e. The van der Waals surface area contributed by atoms with E-state index in [1.165, 1.54) is 12.1 Å². The van der Waals surface area contributed by atoms with Gasteiger partial charge in [-0.15, -0.1) is 0 Å². The standard InChI is InChI=1S/C16H19F3N2O3/c1-24-9-3-8-20-13(22)15(6-7-15)14(23)21-12-5-2-4-11(10-12)16(17,18)19/h2,4-5,10H,3,6-9H2,1H3,(H,20,22)(H,21,23). The normalized spacial score (nSPS) is 15.7. The summed E-state index contributed by atoms with van der Waals surface area (Å²) >= 11 is 0. The van der Waals surface area contributed by atoms with E-state index in [0.717, 1.165) is 12.1 Å². The van der Waals surface area contributed by atoms with Crippen LogP contribution in [0.2, 0.25) is 0 Å². The van der Waals surface area contributed by atoms with Crippen molar-refractivity contribution in [2.45, 2.75) is 25.4 Å². The Morgan fingerprint density at radius 2 is 1.96 bits per heavy atom. The van der Waals surface area contributed by atoms with Crippen LogP contribution in [0.5, 0.6) is 0 Å². The molecule has 2 N–H and O–H groups in total. The number of hydrogen-bond donors (Lipinski definition) is 2. The molecule has 1 aliphatic rings. The zero-order valence-corrected chi connectivity index (χ0v) is 13.2. The lowest BCUT2D eigenvalue weighted by Crippen LogP contribution is -2.40. The van der Waals surface area contributed by atoms with Crippen molar-refractivity contribution in [3.8, 4) is 0 Å². The molecule has 0 aliphatic heterocycles. The molecule has 0 bridgehead atoms. The second-order valence-electron chi connectivity index (χ2n) is 5.72. The number of rotatable bonds is 7. The molecule has 0 aromatic heterocycles. The molecule has 1 aliphatic carbocycles. The van der Waals surface area contributed by atoms with E-state index in [4.69, 9.17) is 4.74 Å². The van der Waals surface area contributed by atoms with Crippen molar-refractivity contribution >= 4 is 17.5 Å². The summed E-state index contributed by atoms with van der Waals surface area (Å²) in [6.45, 7) is 0.870. The van der Waals surface area contributed by atoms with Gasteiger partial charge >= 0.3 is 6.18 Å². The smallest absolute Gasteiger partial charge is 0.385 e. The Hall–Kier alpha value is -2.09. The highest BCUT2D eigenvalue weighted by Gasteiger charge is 2.56. The zero-order valence-electron chi connectivity index (χ0n) is 13.2. The summed E-state index contributed by atoms with van der Waals surface area (Å²) in [5.41, 5.74) is -2.01. The van der Waals surface area contributed by atoms with Crippen LogP contribution in [-0.4, -0.2) is 32.1 Å². The summed E-state index contributed by atoms with van der Waals surface area (Å²) in [4.78, 5) is 24.5. The highest BCUT2D eigenvalue weighted by atomic mass is 19.4. The fourth-order valence-electron chi connectivity index (χ4n) is 2.29. The molecule has 2 amide bonds. The predicted molar refractivity (Wildman–Crippen MR) is 81.2 cm³/mol. The Morgan fingerprint density at radius 1 is 1.25 bits per heavy atom. The van der Waals surface area contributed by atoms with Crippen molar-refractivity contribution in [3.63, 3.8) is 0 Å². The molecule has 5 nitrogen and oxygen atoms in total. The lowest BCUT2D eigenvalue weighted by Gasteiger charge is -2.16. The molecule has 0 radical (unpaired) electrons. The number of alkyl halides is 3. The average molecular weight is 344 g/mol. The highest BCUT2D eigenvalue weighted by molar-refractivity contribution is 6.13. The molecule has 0 unspecified atom stereocenters. The van der Waals surface area contributed by atoms with Gasteiger partial charge in [0.2, 0.25) is 11.8 Å². The molecule has 0 atom stereocenters. The summed E-state index contributed by atoms with van der Waals surface area (Å²) in [6.07, 6.45) is -3.11. The predicted octanol–water partition coefficient (Wildman–Crippen LogP) is 2.58. The summed E-state index contributed by atoms with van der Waals surface area (Å²) in [6, 6.07) is 4.35. The van der Waals surface area contributed by atoms with Crippen LogP contribution >= 0.6 is 0 Å².